The van der Waals surface area contributed by atoms with Gasteiger partial charge in [-0.3, -0.25) is 24.0 Å². The van der Waals surface area contributed by atoms with E-state index in [1.54, 1.807) is 32.3 Å². The molecule has 0 radical (unpaired) electrons. The van der Waals surface area contributed by atoms with Crippen LogP contribution in [0.15, 0.2) is 47.9 Å². The van der Waals surface area contributed by atoms with Gasteiger partial charge in [0.15, 0.2) is 5.78 Å². The minimum Gasteiger partial charge on any atom is -0.481 e. The molecule has 1 heterocycles. The zero-order valence-corrected chi connectivity index (χ0v) is 39.9. The molecule has 5 fully saturated rings. The highest BCUT2D eigenvalue weighted by Gasteiger charge is 2.71. The molecule has 1 unspecified atom stereocenters. The highest BCUT2D eigenvalue weighted by molar-refractivity contribution is 6.03. The van der Waals surface area contributed by atoms with Crippen molar-refractivity contribution in [2.24, 2.45) is 62.6 Å². The number of ketones is 1. The van der Waals surface area contributed by atoms with E-state index in [1.165, 1.54) is 0 Å². The number of allylic oxidation sites excluding steroid dienone is 1. The number of esters is 1. The largest absolute Gasteiger partial charge is 0.481 e. The van der Waals surface area contributed by atoms with Crippen molar-refractivity contribution in [2.75, 3.05) is 0 Å². The van der Waals surface area contributed by atoms with Crippen molar-refractivity contribution in [2.45, 2.75) is 164 Å². The van der Waals surface area contributed by atoms with Crippen LogP contribution in [0.3, 0.4) is 0 Å². The number of aliphatic carboxylic acids is 1. The molecule has 6 aliphatic carbocycles. The van der Waals surface area contributed by atoms with Gasteiger partial charge in [0.2, 0.25) is 5.91 Å². The Bertz CT molecular complexity index is 2270. The van der Waals surface area contributed by atoms with Crippen molar-refractivity contribution >= 4 is 29.5 Å². The summed E-state index contributed by atoms with van der Waals surface area (Å²) in [5, 5.41) is 16.2. The standard InChI is InChI=1S/C52H72N4O7/c1-29(2)40-36(57)26-52(55-45(62)48(8,9)54-42(58)31-13-15-32(16-14-31)56-27-30(3)53-28-56)24-23-50(11)33(41(40)52)17-18-38-49(10)21-20-39(47(6,7)37(49)19-22-51(38,50)12)63-44(61)35-25-34(43(59)60)46(35,4)5/h13-16,27-29,33-35,37-39H,17-26H2,1-12H3,(H,54,58)(H,55,62)(H,59,60)/t33-,34+,35-,37?,38-,39+,49+,50-,51-,52-/m1/s1. The average molecular weight is 865 g/mol. The monoisotopic (exact) mass is 865 g/mol. The van der Waals surface area contributed by atoms with Crippen molar-refractivity contribution in [1.29, 1.82) is 0 Å². The molecule has 0 aliphatic heterocycles. The summed E-state index contributed by atoms with van der Waals surface area (Å²) in [6.07, 6.45) is 11.3. The van der Waals surface area contributed by atoms with Gasteiger partial charge >= 0.3 is 11.9 Å². The van der Waals surface area contributed by atoms with Crippen LogP contribution in [0.1, 0.15) is 156 Å². The lowest BCUT2D eigenvalue weighted by Gasteiger charge is -2.72. The highest BCUT2D eigenvalue weighted by Crippen LogP contribution is 2.76. The van der Waals surface area contributed by atoms with E-state index in [1.807, 2.05) is 43.7 Å². The van der Waals surface area contributed by atoms with E-state index < -0.39 is 34.3 Å². The number of nitrogens with zero attached hydrogens (tertiary/aromatic N) is 2. The summed E-state index contributed by atoms with van der Waals surface area (Å²) in [5.74, 6) is -1.65. The molecule has 342 valence electrons. The Morgan fingerprint density at radius 1 is 0.857 bits per heavy atom. The number of imidazole rings is 1. The van der Waals surface area contributed by atoms with E-state index in [0.29, 0.717) is 30.2 Å². The van der Waals surface area contributed by atoms with Crippen LogP contribution in [-0.2, 0) is 23.9 Å². The number of carbonyl (C=O) groups is 5. The Morgan fingerprint density at radius 2 is 1.54 bits per heavy atom. The van der Waals surface area contributed by atoms with E-state index in [4.69, 9.17) is 4.74 Å². The quantitative estimate of drug-likeness (QED) is 0.211. The maximum absolute atomic E-state index is 14.6. The van der Waals surface area contributed by atoms with Gasteiger partial charge in [0.1, 0.15) is 11.6 Å². The van der Waals surface area contributed by atoms with Gasteiger partial charge in [-0.2, -0.15) is 0 Å². The Morgan fingerprint density at radius 3 is 2.14 bits per heavy atom. The number of fused-ring (bicyclic) bond motifs is 7. The van der Waals surface area contributed by atoms with Gasteiger partial charge in [-0.25, -0.2) is 4.98 Å². The fraction of sp³-hybridized carbons (Fsp3) is 0.692. The number of aromatic nitrogens is 2. The summed E-state index contributed by atoms with van der Waals surface area (Å²) in [5.41, 5.74) is 1.16. The summed E-state index contributed by atoms with van der Waals surface area (Å²) in [6, 6.07) is 7.22. The molecule has 1 aromatic heterocycles. The Kier molecular flexibility index (Phi) is 10.7. The first-order valence-corrected chi connectivity index (χ1v) is 23.7. The number of hydrogen-bond donors (Lipinski definition) is 3. The Balaban J connectivity index is 1.01. The normalized spacial score (nSPS) is 36.6. The lowest BCUT2D eigenvalue weighted by Crippen LogP contribution is -2.68. The minimum absolute atomic E-state index is 0.00800. The maximum Gasteiger partial charge on any atom is 0.309 e. The van der Waals surface area contributed by atoms with Crippen LogP contribution in [0.2, 0.25) is 0 Å². The van der Waals surface area contributed by atoms with Crippen LogP contribution in [0.25, 0.3) is 5.69 Å². The predicted molar refractivity (Wildman–Crippen MR) is 241 cm³/mol. The van der Waals surface area contributed by atoms with Gasteiger partial charge in [0.25, 0.3) is 5.91 Å². The smallest absolute Gasteiger partial charge is 0.309 e. The Hall–Kier alpha value is -4.28. The van der Waals surface area contributed by atoms with E-state index in [-0.39, 0.29) is 69.6 Å². The van der Waals surface area contributed by atoms with Crippen molar-refractivity contribution in [1.82, 2.24) is 20.2 Å². The number of aryl methyl sites for hydroxylation is 1. The summed E-state index contributed by atoms with van der Waals surface area (Å²) < 4.78 is 8.32. The molecule has 2 aromatic rings. The van der Waals surface area contributed by atoms with Crippen molar-refractivity contribution in [3.8, 4) is 5.69 Å². The van der Waals surface area contributed by atoms with E-state index in [9.17, 15) is 29.1 Å². The summed E-state index contributed by atoms with van der Waals surface area (Å²) >= 11 is 0. The number of carboxylic acids is 1. The van der Waals surface area contributed by atoms with Gasteiger partial charge in [-0.05, 0) is 159 Å². The lowest BCUT2D eigenvalue weighted by molar-refractivity contribution is -0.235. The first-order chi connectivity index (χ1) is 29.2. The maximum atomic E-state index is 14.6. The van der Waals surface area contributed by atoms with E-state index in [0.717, 1.165) is 67.5 Å². The molecule has 0 bridgehead atoms. The molecular weight excluding hydrogens is 793 g/mol. The molecular formula is C52H72N4O7. The number of Topliss-reactive ketones (excluding diaryl/α,β-unsaturated/α-hetero) is 1. The fourth-order valence-corrected chi connectivity index (χ4v) is 15.0. The molecule has 0 saturated heterocycles. The molecule has 3 N–H and O–H groups in total. The molecule has 11 heteroatoms. The second kappa shape index (κ2) is 14.9. The Labute approximate surface area is 374 Å². The molecule has 1 aromatic carbocycles. The molecule has 6 aliphatic rings. The van der Waals surface area contributed by atoms with Crippen molar-refractivity contribution < 1.29 is 33.8 Å². The van der Waals surface area contributed by atoms with Crippen LogP contribution in [0.4, 0.5) is 0 Å². The second-order valence-corrected chi connectivity index (χ2v) is 23.6. The SMILES string of the molecule is Cc1cn(-c2ccc(C(=O)NC(C)(C)C(=O)N[C@@]34CC[C@]5(C)[C@H](CC[C@@H]6[C@@]7(C)CC[C@H](OC(=O)[C@H]8C[C@@H](C(=O)O)C8(C)C)C(C)(C)C7CC[C@]65C)C3=C(C(C)C)C(=O)C4)cc2)cn1. The zero-order valence-electron chi connectivity index (χ0n) is 39.9. The molecule has 5 saturated carbocycles. The van der Waals surface area contributed by atoms with Gasteiger partial charge in [0, 0.05) is 29.3 Å². The number of nitrogens with one attached hydrogen (secondary N) is 2. The van der Waals surface area contributed by atoms with Gasteiger partial charge in [0.05, 0.1) is 29.4 Å². The lowest BCUT2D eigenvalue weighted by atomic mass is 9.33. The summed E-state index contributed by atoms with van der Waals surface area (Å²) in [6.45, 7) is 25.5. The summed E-state index contributed by atoms with van der Waals surface area (Å²) in [7, 11) is 0. The molecule has 8 rings (SSSR count). The number of ether oxygens (including phenoxy) is 1. The molecule has 10 atom stereocenters. The first kappa shape index (κ1) is 45.3. The molecule has 11 nitrogen and oxygen atoms in total. The zero-order chi connectivity index (χ0) is 46.0. The van der Waals surface area contributed by atoms with Crippen LogP contribution in [-0.4, -0.2) is 61.4 Å². The van der Waals surface area contributed by atoms with Crippen LogP contribution in [0, 0.1) is 69.5 Å². The van der Waals surface area contributed by atoms with Crippen LogP contribution < -0.4 is 10.6 Å². The number of hydrogen-bond acceptors (Lipinski definition) is 7. The predicted octanol–water partition coefficient (Wildman–Crippen LogP) is 9.20. The van der Waals surface area contributed by atoms with E-state index >= 15 is 0 Å². The number of amides is 2. The second-order valence-electron chi connectivity index (χ2n) is 23.6. The first-order valence-electron chi connectivity index (χ1n) is 23.7. The third-order valence-corrected chi connectivity index (χ3v) is 19.0. The highest BCUT2D eigenvalue weighted by atomic mass is 16.5. The van der Waals surface area contributed by atoms with Gasteiger partial charge in [-0.15, -0.1) is 0 Å². The van der Waals surface area contributed by atoms with Crippen molar-refractivity contribution in [3.05, 3.63) is 59.2 Å². The number of carbonyl (C=O) groups excluding carboxylic acids is 4. The molecule has 63 heavy (non-hydrogen) atoms. The molecule has 2 amide bonds. The van der Waals surface area contributed by atoms with Gasteiger partial charge < -0.3 is 25.0 Å². The third kappa shape index (κ3) is 6.77. The van der Waals surface area contributed by atoms with E-state index in [2.05, 4.69) is 64.1 Å². The van der Waals surface area contributed by atoms with Crippen LogP contribution in [0.5, 0.6) is 0 Å². The topological polar surface area (TPSA) is 157 Å². The average Bonchev–Trinajstić information content (AvgIpc) is 3.75. The number of rotatable bonds is 9. The van der Waals surface area contributed by atoms with Crippen LogP contribution >= 0.6 is 0 Å². The molecule has 0 spiro atoms. The number of benzene rings is 1. The summed E-state index contributed by atoms with van der Waals surface area (Å²) in [4.78, 5) is 72.3. The minimum atomic E-state index is -1.26. The number of carboxylic acid groups (broad SMARTS) is 1. The fourth-order valence-electron chi connectivity index (χ4n) is 15.0. The van der Waals surface area contributed by atoms with Crippen molar-refractivity contribution in [3.63, 3.8) is 0 Å². The third-order valence-electron chi connectivity index (χ3n) is 19.0. The van der Waals surface area contributed by atoms with Gasteiger partial charge in [-0.1, -0.05) is 62.3 Å².